The number of aromatic amines is 1. The standard InChI is InChI=1S/C25H30N6/c1-19(21-5-3-2-4-6-21)26-14-20-9-11-30(16-20)12-10-22-15-27-25-8-7-23(13-24(22)25)31-17-28-29-18-31/h2-8,13,15,17-20,26-27H,9-12,14,16H2,1H3/t19?,20-/m0/s1. The van der Waals surface area contributed by atoms with Gasteiger partial charge in [-0.25, -0.2) is 0 Å². The predicted molar refractivity (Wildman–Crippen MR) is 124 cm³/mol. The lowest BCUT2D eigenvalue weighted by Crippen LogP contribution is -2.29. The van der Waals surface area contributed by atoms with Crippen LogP contribution < -0.4 is 5.32 Å². The summed E-state index contributed by atoms with van der Waals surface area (Å²) in [5, 5.41) is 12.9. The molecule has 0 spiro atoms. The quantitative estimate of drug-likeness (QED) is 0.458. The van der Waals surface area contributed by atoms with Crippen LogP contribution in [-0.4, -0.2) is 50.8 Å². The molecule has 0 aliphatic carbocycles. The highest BCUT2D eigenvalue weighted by Gasteiger charge is 2.22. The molecule has 0 radical (unpaired) electrons. The van der Waals surface area contributed by atoms with Crippen LogP contribution >= 0.6 is 0 Å². The van der Waals surface area contributed by atoms with E-state index in [2.05, 4.69) is 87.0 Å². The summed E-state index contributed by atoms with van der Waals surface area (Å²) < 4.78 is 1.95. The van der Waals surface area contributed by atoms with Gasteiger partial charge in [-0.2, -0.15) is 0 Å². The van der Waals surface area contributed by atoms with Crippen molar-refractivity contribution in [2.24, 2.45) is 5.92 Å². The SMILES string of the molecule is CC(NC[C@@H]1CCN(CCc2c[nH]c3ccc(-n4cnnc4)cc23)C1)c1ccccc1. The van der Waals surface area contributed by atoms with Crippen molar-refractivity contribution in [1.82, 2.24) is 30.0 Å². The van der Waals surface area contributed by atoms with Gasteiger partial charge in [0.25, 0.3) is 0 Å². The number of benzene rings is 2. The zero-order chi connectivity index (χ0) is 21.0. The van der Waals surface area contributed by atoms with E-state index in [0.717, 1.165) is 31.1 Å². The number of likely N-dealkylation sites (tertiary alicyclic amines) is 1. The van der Waals surface area contributed by atoms with Crippen LogP contribution in [0.15, 0.2) is 67.4 Å². The summed E-state index contributed by atoms with van der Waals surface area (Å²) in [5.74, 6) is 0.731. The van der Waals surface area contributed by atoms with E-state index in [-0.39, 0.29) is 0 Å². The van der Waals surface area contributed by atoms with Gasteiger partial charge in [-0.15, -0.1) is 10.2 Å². The molecule has 4 aromatic rings. The van der Waals surface area contributed by atoms with Gasteiger partial charge in [0.05, 0.1) is 0 Å². The Labute approximate surface area is 183 Å². The second-order valence-electron chi connectivity index (χ2n) is 8.66. The number of fused-ring (bicyclic) bond motifs is 1. The summed E-state index contributed by atoms with van der Waals surface area (Å²) in [6.07, 6.45) is 7.98. The Balaban J connectivity index is 1.15. The number of H-pyrrole nitrogens is 1. The molecule has 6 heteroatoms. The molecule has 1 aliphatic rings. The highest BCUT2D eigenvalue weighted by atomic mass is 15.2. The van der Waals surface area contributed by atoms with E-state index in [1.165, 1.54) is 41.5 Å². The minimum atomic E-state index is 0.404. The minimum Gasteiger partial charge on any atom is -0.361 e. The highest BCUT2D eigenvalue weighted by Crippen LogP contribution is 2.24. The largest absolute Gasteiger partial charge is 0.361 e. The topological polar surface area (TPSA) is 61.8 Å². The third kappa shape index (κ3) is 4.55. The summed E-state index contributed by atoms with van der Waals surface area (Å²) >= 11 is 0. The number of aromatic nitrogens is 4. The summed E-state index contributed by atoms with van der Waals surface area (Å²) in [7, 11) is 0. The first-order valence-electron chi connectivity index (χ1n) is 11.2. The summed E-state index contributed by atoms with van der Waals surface area (Å²) in [6, 6.07) is 17.6. The lowest BCUT2D eigenvalue weighted by atomic mass is 10.1. The zero-order valence-electron chi connectivity index (χ0n) is 18.0. The number of hydrogen-bond acceptors (Lipinski definition) is 4. The molecule has 0 saturated carbocycles. The number of nitrogens with one attached hydrogen (secondary N) is 2. The maximum atomic E-state index is 3.92. The lowest BCUT2D eigenvalue weighted by Gasteiger charge is -2.19. The van der Waals surface area contributed by atoms with E-state index in [9.17, 15) is 0 Å². The molecular formula is C25H30N6. The van der Waals surface area contributed by atoms with Gasteiger partial charge in [0.15, 0.2) is 0 Å². The number of rotatable bonds is 8. The second-order valence-corrected chi connectivity index (χ2v) is 8.66. The molecule has 1 aliphatic heterocycles. The van der Waals surface area contributed by atoms with Gasteiger partial charge >= 0.3 is 0 Å². The first-order chi connectivity index (χ1) is 15.3. The Kier molecular flexibility index (Phi) is 5.82. The van der Waals surface area contributed by atoms with Crippen LogP contribution in [0.5, 0.6) is 0 Å². The van der Waals surface area contributed by atoms with Crippen molar-refractivity contribution in [3.05, 3.63) is 78.5 Å². The molecule has 1 fully saturated rings. The number of hydrogen-bond donors (Lipinski definition) is 2. The second kappa shape index (κ2) is 9.04. The van der Waals surface area contributed by atoms with Gasteiger partial charge in [0, 0.05) is 41.9 Å². The molecule has 0 amide bonds. The highest BCUT2D eigenvalue weighted by molar-refractivity contribution is 5.85. The molecule has 6 nitrogen and oxygen atoms in total. The Bertz CT molecular complexity index is 1100. The molecule has 5 rings (SSSR count). The fourth-order valence-corrected chi connectivity index (χ4v) is 4.63. The molecule has 31 heavy (non-hydrogen) atoms. The molecule has 2 aromatic heterocycles. The average molecular weight is 415 g/mol. The first-order valence-corrected chi connectivity index (χ1v) is 11.2. The van der Waals surface area contributed by atoms with Crippen LogP contribution in [0.25, 0.3) is 16.6 Å². The Morgan fingerprint density at radius 3 is 2.81 bits per heavy atom. The van der Waals surface area contributed by atoms with Crippen LogP contribution in [0.2, 0.25) is 0 Å². The van der Waals surface area contributed by atoms with E-state index >= 15 is 0 Å². The van der Waals surface area contributed by atoms with Crippen molar-refractivity contribution >= 4 is 10.9 Å². The fourth-order valence-electron chi connectivity index (χ4n) is 4.63. The third-order valence-electron chi connectivity index (χ3n) is 6.55. The van der Waals surface area contributed by atoms with Gasteiger partial charge in [-0.1, -0.05) is 30.3 Å². The summed E-state index contributed by atoms with van der Waals surface area (Å²) in [6.45, 7) is 6.83. The van der Waals surface area contributed by atoms with Crippen LogP contribution in [0, 0.1) is 5.92 Å². The molecule has 1 unspecified atom stereocenters. The lowest BCUT2D eigenvalue weighted by molar-refractivity contribution is 0.323. The van der Waals surface area contributed by atoms with Gasteiger partial charge in [0.1, 0.15) is 12.7 Å². The van der Waals surface area contributed by atoms with Crippen LogP contribution in [0.1, 0.15) is 30.5 Å². The smallest absolute Gasteiger partial charge is 0.123 e. The van der Waals surface area contributed by atoms with Gasteiger partial charge in [-0.05, 0) is 68.1 Å². The zero-order valence-corrected chi connectivity index (χ0v) is 18.0. The molecule has 2 aromatic carbocycles. The first kappa shape index (κ1) is 20.0. The van der Waals surface area contributed by atoms with E-state index in [4.69, 9.17) is 0 Å². The van der Waals surface area contributed by atoms with Crippen LogP contribution in [0.3, 0.4) is 0 Å². The Hall–Kier alpha value is -2.96. The van der Waals surface area contributed by atoms with Gasteiger partial charge in [-0.3, -0.25) is 4.57 Å². The molecule has 160 valence electrons. The van der Waals surface area contributed by atoms with Gasteiger partial charge < -0.3 is 15.2 Å². The maximum absolute atomic E-state index is 3.92. The van der Waals surface area contributed by atoms with E-state index in [0.29, 0.717) is 6.04 Å². The fraction of sp³-hybridized carbons (Fsp3) is 0.360. The van der Waals surface area contributed by atoms with Crippen LogP contribution in [0.4, 0.5) is 0 Å². The average Bonchev–Trinajstić information content (AvgIpc) is 3.57. The van der Waals surface area contributed by atoms with Crippen molar-refractivity contribution in [3.8, 4) is 5.69 Å². The Morgan fingerprint density at radius 1 is 1.13 bits per heavy atom. The minimum absolute atomic E-state index is 0.404. The Morgan fingerprint density at radius 2 is 1.97 bits per heavy atom. The number of nitrogens with zero attached hydrogens (tertiary/aromatic N) is 4. The van der Waals surface area contributed by atoms with Crippen molar-refractivity contribution in [1.29, 1.82) is 0 Å². The van der Waals surface area contributed by atoms with E-state index in [1.807, 2.05) is 4.57 Å². The van der Waals surface area contributed by atoms with Crippen LogP contribution in [-0.2, 0) is 6.42 Å². The van der Waals surface area contributed by atoms with E-state index in [1.54, 1.807) is 12.7 Å². The molecule has 3 heterocycles. The van der Waals surface area contributed by atoms with Crippen molar-refractivity contribution in [2.45, 2.75) is 25.8 Å². The predicted octanol–water partition coefficient (Wildman–Crippen LogP) is 3.96. The molecule has 2 N–H and O–H groups in total. The molecular weight excluding hydrogens is 384 g/mol. The van der Waals surface area contributed by atoms with Gasteiger partial charge in [0.2, 0.25) is 0 Å². The van der Waals surface area contributed by atoms with Crippen molar-refractivity contribution in [2.75, 3.05) is 26.2 Å². The van der Waals surface area contributed by atoms with Crippen molar-refractivity contribution in [3.63, 3.8) is 0 Å². The molecule has 1 saturated heterocycles. The monoisotopic (exact) mass is 414 g/mol. The molecule has 2 atom stereocenters. The maximum Gasteiger partial charge on any atom is 0.123 e. The third-order valence-corrected chi connectivity index (χ3v) is 6.55. The summed E-state index contributed by atoms with van der Waals surface area (Å²) in [5.41, 5.74) is 5.02. The molecule has 0 bridgehead atoms. The van der Waals surface area contributed by atoms with E-state index < -0.39 is 0 Å². The van der Waals surface area contributed by atoms with Crippen molar-refractivity contribution < 1.29 is 0 Å². The normalized spacial score (nSPS) is 18.0. The summed E-state index contributed by atoms with van der Waals surface area (Å²) in [4.78, 5) is 6.04.